The fourth-order valence-corrected chi connectivity index (χ4v) is 9.10. The maximum atomic E-state index is 12.2. The lowest BCUT2D eigenvalue weighted by molar-refractivity contribution is -0.174. The molecule has 0 aromatic heterocycles. The second kappa shape index (κ2) is 9.75. The molecule has 190 valence electrons. The Balaban J connectivity index is 1.42. The first-order valence-corrected chi connectivity index (χ1v) is 13.5. The van der Waals surface area contributed by atoms with Crippen molar-refractivity contribution in [3.8, 4) is 0 Å². The Morgan fingerprint density at radius 1 is 1.06 bits per heavy atom. The molecule has 6 heteroatoms. The topological polar surface area (TPSA) is 110 Å². The molecule has 33 heavy (non-hydrogen) atoms. The maximum Gasteiger partial charge on any atom is 0.220 e. The van der Waals surface area contributed by atoms with E-state index in [1.54, 1.807) is 0 Å². The number of nitrogens with one attached hydrogen (secondary N) is 1. The van der Waals surface area contributed by atoms with E-state index in [1.807, 2.05) is 0 Å². The average molecular weight is 466 g/mol. The van der Waals surface area contributed by atoms with Crippen molar-refractivity contribution in [1.29, 1.82) is 0 Å². The molecule has 0 heterocycles. The van der Waals surface area contributed by atoms with Gasteiger partial charge < -0.3 is 25.7 Å². The predicted octanol–water partition coefficient (Wildman–Crippen LogP) is 2.86. The van der Waals surface area contributed by atoms with Crippen LogP contribution in [0.5, 0.6) is 0 Å². The zero-order valence-electron chi connectivity index (χ0n) is 20.9. The molecule has 1 unspecified atom stereocenters. The molecule has 0 spiro atoms. The normalized spacial score (nSPS) is 46.6. The fraction of sp³-hybridized carbons (Fsp3) is 0.963. The van der Waals surface area contributed by atoms with Crippen LogP contribution >= 0.6 is 0 Å². The first-order chi connectivity index (χ1) is 15.6. The third-order valence-corrected chi connectivity index (χ3v) is 11.1. The van der Waals surface area contributed by atoms with Gasteiger partial charge in [-0.05, 0) is 104 Å². The zero-order chi connectivity index (χ0) is 24.0. The van der Waals surface area contributed by atoms with Gasteiger partial charge in [0, 0.05) is 13.0 Å². The molecule has 11 atom stereocenters. The Hall–Kier alpha value is -0.690. The Morgan fingerprint density at radius 3 is 2.55 bits per heavy atom. The lowest BCUT2D eigenvalue weighted by Gasteiger charge is -2.62. The van der Waals surface area contributed by atoms with E-state index < -0.39 is 6.10 Å². The van der Waals surface area contributed by atoms with Crippen LogP contribution in [0.15, 0.2) is 0 Å². The zero-order valence-corrected chi connectivity index (χ0v) is 20.9. The van der Waals surface area contributed by atoms with E-state index in [1.165, 1.54) is 19.3 Å². The number of hydrogen-bond acceptors (Lipinski definition) is 5. The van der Waals surface area contributed by atoms with Gasteiger partial charge in [0.1, 0.15) is 0 Å². The molecule has 6 nitrogen and oxygen atoms in total. The van der Waals surface area contributed by atoms with Crippen molar-refractivity contribution in [2.24, 2.45) is 46.3 Å². The summed E-state index contributed by atoms with van der Waals surface area (Å²) in [6.45, 7) is 6.78. The SMILES string of the molecule is C[C@H](CCC(=O)NCC(O)CO)[C@H]1CC[C@H]2[C@@H]3CC[C@@H]4C[C@H](O)CC[C@]4(C)[C@H]3C[C@H](O)[C@]12C. The molecule has 4 aliphatic carbocycles. The van der Waals surface area contributed by atoms with E-state index in [2.05, 4.69) is 26.1 Å². The van der Waals surface area contributed by atoms with Crippen molar-refractivity contribution in [2.45, 2.75) is 103 Å². The molecule has 0 aromatic rings. The Morgan fingerprint density at radius 2 is 1.82 bits per heavy atom. The summed E-state index contributed by atoms with van der Waals surface area (Å²) in [5, 5.41) is 42.9. The van der Waals surface area contributed by atoms with Crippen LogP contribution in [0, 0.1) is 46.3 Å². The van der Waals surface area contributed by atoms with Gasteiger partial charge in [-0.1, -0.05) is 20.8 Å². The van der Waals surface area contributed by atoms with Crippen molar-refractivity contribution in [2.75, 3.05) is 13.2 Å². The van der Waals surface area contributed by atoms with Crippen LogP contribution in [0.25, 0.3) is 0 Å². The number of aliphatic hydroxyl groups excluding tert-OH is 4. The molecule has 0 aromatic carbocycles. The standard InChI is InChI=1S/C27H47NO5/c1-16(4-9-25(33)28-14-19(31)15-29)21-7-8-22-20-6-5-17-12-18(30)10-11-26(17,2)23(20)13-24(32)27(21,22)3/h16-24,29-32H,4-15H2,1-3H3,(H,28,33)/t16-,17-,18-,19?,20+,21-,22+,23+,24+,26+,27-/m1/s1. The van der Waals surface area contributed by atoms with E-state index >= 15 is 0 Å². The number of amides is 1. The van der Waals surface area contributed by atoms with Gasteiger partial charge in [-0.25, -0.2) is 0 Å². The summed E-state index contributed by atoms with van der Waals surface area (Å²) >= 11 is 0. The quantitative estimate of drug-likeness (QED) is 0.397. The molecule has 4 saturated carbocycles. The molecule has 0 saturated heterocycles. The minimum absolute atomic E-state index is 0.0796. The lowest BCUT2D eigenvalue weighted by Crippen LogP contribution is -2.58. The summed E-state index contributed by atoms with van der Waals surface area (Å²) < 4.78 is 0. The van der Waals surface area contributed by atoms with Crippen molar-refractivity contribution < 1.29 is 25.2 Å². The second-order valence-corrected chi connectivity index (χ2v) is 12.5. The summed E-state index contributed by atoms with van der Waals surface area (Å²) in [4.78, 5) is 12.2. The third kappa shape index (κ3) is 4.50. The van der Waals surface area contributed by atoms with Crippen LogP contribution in [0.1, 0.15) is 85.0 Å². The maximum absolute atomic E-state index is 12.2. The van der Waals surface area contributed by atoms with Gasteiger partial charge in [0.05, 0.1) is 24.9 Å². The van der Waals surface area contributed by atoms with Crippen LogP contribution in [-0.2, 0) is 4.79 Å². The minimum Gasteiger partial charge on any atom is -0.394 e. The highest BCUT2D eigenvalue weighted by molar-refractivity contribution is 5.75. The largest absolute Gasteiger partial charge is 0.394 e. The molecular formula is C27H47NO5. The van der Waals surface area contributed by atoms with Crippen LogP contribution in [0.3, 0.4) is 0 Å². The molecule has 0 bridgehead atoms. The molecule has 0 aliphatic heterocycles. The van der Waals surface area contributed by atoms with Crippen molar-refractivity contribution >= 4 is 5.91 Å². The summed E-state index contributed by atoms with van der Waals surface area (Å²) in [6, 6.07) is 0. The van der Waals surface area contributed by atoms with Crippen molar-refractivity contribution in [1.82, 2.24) is 5.32 Å². The molecule has 0 radical (unpaired) electrons. The van der Waals surface area contributed by atoms with E-state index in [-0.39, 0.29) is 42.1 Å². The Bertz CT molecular complexity index is 702. The van der Waals surface area contributed by atoms with Crippen LogP contribution < -0.4 is 5.32 Å². The van der Waals surface area contributed by atoms with E-state index in [9.17, 15) is 20.1 Å². The molecule has 4 fully saturated rings. The molecule has 4 rings (SSSR count). The van der Waals surface area contributed by atoms with Gasteiger partial charge in [-0.3, -0.25) is 4.79 Å². The van der Waals surface area contributed by atoms with E-state index in [4.69, 9.17) is 5.11 Å². The van der Waals surface area contributed by atoms with Gasteiger partial charge in [0.2, 0.25) is 5.91 Å². The minimum atomic E-state index is -0.907. The fourth-order valence-electron chi connectivity index (χ4n) is 9.10. The first-order valence-electron chi connectivity index (χ1n) is 13.5. The number of carbonyl (C=O) groups is 1. The van der Waals surface area contributed by atoms with E-state index in [0.29, 0.717) is 41.9 Å². The Kier molecular flexibility index (Phi) is 7.51. The molecule has 1 amide bonds. The smallest absolute Gasteiger partial charge is 0.220 e. The predicted molar refractivity (Wildman–Crippen MR) is 127 cm³/mol. The monoisotopic (exact) mass is 465 g/mol. The van der Waals surface area contributed by atoms with Crippen molar-refractivity contribution in [3.63, 3.8) is 0 Å². The lowest BCUT2D eigenvalue weighted by atomic mass is 9.43. The number of aliphatic hydroxyl groups is 4. The molecular weight excluding hydrogens is 418 g/mol. The van der Waals surface area contributed by atoms with E-state index in [0.717, 1.165) is 38.5 Å². The van der Waals surface area contributed by atoms with Gasteiger partial charge in [-0.15, -0.1) is 0 Å². The highest BCUT2D eigenvalue weighted by atomic mass is 16.3. The average Bonchev–Trinajstić information content (AvgIpc) is 3.15. The number of rotatable bonds is 7. The third-order valence-electron chi connectivity index (χ3n) is 11.1. The Labute approximate surface area is 199 Å². The summed E-state index contributed by atoms with van der Waals surface area (Å²) in [7, 11) is 0. The molecule has 4 aliphatic rings. The van der Waals surface area contributed by atoms with Gasteiger partial charge >= 0.3 is 0 Å². The van der Waals surface area contributed by atoms with Gasteiger partial charge in [-0.2, -0.15) is 0 Å². The van der Waals surface area contributed by atoms with Crippen LogP contribution in [0.2, 0.25) is 0 Å². The number of hydrogen-bond donors (Lipinski definition) is 5. The van der Waals surface area contributed by atoms with Crippen LogP contribution in [0.4, 0.5) is 0 Å². The highest BCUT2D eigenvalue weighted by Gasteiger charge is 2.63. The number of fused-ring (bicyclic) bond motifs is 5. The van der Waals surface area contributed by atoms with Crippen LogP contribution in [-0.4, -0.2) is 57.8 Å². The highest BCUT2D eigenvalue weighted by Crippen LogP contribution is 2.68. The van der Waals surface area contributed by atoms with Gasteiger partial charge in [0.25, 0.3) is 0 Å². The first kappa shape index (κ1) is 25.4. The summed E-state index contributed by atoms with van der Waals surface area (Å²) in [6.07, 6.45) is 8.46. The summed E-state index contributed by atoms with van der Waals surface area (Å²) in [5.41, 5.74) is 0.174. The second-order valence-electron chi connectivity index (χ2n) is 12.5. The summed E-state index contributed by atoms with van der Waals surface area (Å²) in [5.74, 6) is 3.09. The van der Waals surface area contributed by atoms with Gasteiger partial charge in [0.15, 0.2) is 0 Å². The van der Waals surface area contributed by atoms with Crippen molar-refractivity contribution in [3.05, 3.63) is 0 Å². The number of carbonyl (C=O) groups excluding carboxylic acids is 1. The molecule has 5 N–H and O–H groups in total.